The first-order valence-corrected chi connectivity index (χ1v) is 8.22. The van der Waals surface area contributed by atoms with Crippen molar-refractivity contribution in [2.75, 3.05) is 19.7 Å². The molecule has 3 rings (SSSR count). The first kappa shape index (κ1) is 15.7. The van der Waals surface area contributed by atoms with Gasteiger partial charge in [-0.1, -0.05) is 29.8 Å². The fourth-order valence-corrected chi connectivity index (χ4v) is 3.45. The highest BCUT2D eigenvalue weighted by Gasteiger charge is 2.30. The van der Waals surface area contributed by atoms with Gasteiger partial charge in [-0.2, -0.15) is 0 Å². The summed E-state index contributed by atoms with van der Waals surface area (Å²) >= 11 is 1.38. The molecule has 0 saturated carbocycles. The third kappa shape index (κ3) is 3.28. The number of carboxylic acid groups (broad SMARTS) is 1. The highest BCUT2D eigenvalue weighted by Crippen LogP contribution is 2.30. The van der Waals surface area contributed by atoms with Crippen LogP contribution < -0.4 is 0 Å². The second-order valence-corrected chi connectivity index (χ2v) is 6.39. The molecule has 5 nitrogen and oxygen atoms in total. The van der Waals surface area contributed by atoms with Crippen LogP contribution in [0.1, 0.15) is 15.2 Å². The van der Waals surface area contributed by atoms with Gasteiger partial charge in [-0.05, 0) is 23.9 Å². The van der Waals surface area contributed by atoms with Crippen molar-refractivity contribution in [1.29, 1.82) is 0 Å². The lowest BCUT2D eigenvalue weighted by Crippen LogP contribution is -2.48. The summed E-state index contributed by atoms with van der Waals surface area (Å²) < 4.78 is 5.18. The zero-order valence-corrected chi connectivity index (χ0v) is 13.5. The van der Waals surface area contributed by atoms with Crippen molar-refractivity contribution >= 4 is 23.2 Å². The van der Waals surface area contributed by atoms with Gasteiger partial charge in [0.1, 0.15) is 0 Å². The number of carbonyl (C=O) groups excluding carboxylic acids is 1. The SMILES string of the molecule is Cc1ccc(-c2ccsc2C(=O)N2CCOC(C(=O)O)C2)cc1. The van der Waals surface area contributed by atoms with E-state index in [2.05, 4.69) is 0 Å². The van der Waals surface area contributed by atoms with Gasteiger partial charge in [-0.25, -0.2) is 4.79 Å². The van der Waals surface area contributed by atoms with Crippen molar-refractivity contribution in [3.8, 4) is 11.1 Å². The lowest BCUT2D eigenvalue weighted by atomic mass is 10.0. The van der Waals surface area contributed by atoms with Crippen LogP contribution in [0.15, 0.2) is 35.7 Å². The first-order valence-electron chi connectivity index (χ1n) is 7.34. The molecule has 1 aliphatic rings. The summed E-state index contributed by atoms with van der Waals surface area (Å²) in [7, 11) is 0. The zero-order valence-electron chi connectivity index (χ0n) is 12.7. The number of hydrogen-bond donors (Lipinski definition) is 1. The molecule has 6 heteroatoms. The van der Waals surface area contributed by atoms with Gasteiger partial charge in [0.25, 0.3) is 5.91 Å². The van der Waals surface area contributed by atoms with Crippen molar-refractivity contribution in [3.63, 3.8) is 0 Å². The number of ether oxygens (including phenoxy) is 1. The fraction of sp³-hybridized carbons (Fsp3) is 0.294. The van der Waals surface area contributed by atoms with E-state index in [0.29, 0.717) is 11.4 Å². The Morgan fingerprint density at radius 1 is 1.26 bits per heavy atom. The summed E-state index contributed by atoms with van der Waals surface area (Å²) in [6, 6.07) is 9.94. The van der Waals surface area contributed by atoms with E-state index in [1.54, 1.807) is 4.90 Å². The van der Waals surface area contributed by atoms with E-state index in [9.17, 15) is 9.59 Å². The summed E-state index contributed by atoms with van der Waals surface area (Å²) in [4.78, 5) is 26.0. The quantitative estimate of drug-likeness (QED) is 0.939. The molecule has 1 amide bonds. The largest absolute Gasteiger partial charge is 0.479 e. The standard InChI is InChI=1S/C17H17NO4S/c1-11-2-4-12(5-3-11)13-6-9-23-15(13)16(19)18-7-8-22-14(10-18)17(20)21/h2-6,9,14H,7-8,10H2,1H3,(H,20,21). The van der Waals surface area contributed by atoms with E-state index < -0.39 is 12.1 Å². The summed E-state index contributed by atoms with van der Waals surface area (Å²) in [6.07, 6.45) is -0.949. The molecule has 0 bridgehead atoms. The van der Waals surface area contributed by atoms with Gasteiger partial charge in [0.2, 0.25) is 0 Å². The number of nitrogens with zero attached hydrogens (tertiary/aromatic N) is 1. The Hall–Kier alpha value is -2.18. The summed E-state index contributed by atoms with van der Waals surface area (Å²) in [5, 5.41) is 11.0. The molecule has 1 saturated heterocycles. The van der Waals surface area contributed by atoms with Gasteiger partial charge in [0.05, 0.1) is 18.0 Å². The molecule has 1 aromatic heterocycles. The van der Waals surface area contributed by atoms with Gasteiger partial charge in [-0.3, -0.25) is 4.79 Å². The van der Waals surface area contributed by atoms with Crippen LogP contribution in [-0.4, -0.2) is 47.7 Å². The summed E-state index contributed by atoms with van der Waals surface area (Å²) in [6.45, 7) is 2.75. The Morgan fingerprint density at radius 2 is 2.00 bits per heavy atom. The maximum Gasteiger partial charge on any atom is 0.334 e. The predicted molar refractivity (Wildman–Crippen MR) is 87.8 cm³/mol. The number of carboxylic acids is 1. The van der Waals surface area contributed by atoms with Crippen LogP contribution >= 0.6 is 11.3 Å². The smallest absolute Gasteiger partial charge is 0.334 e. The predicted octanol–water partition coefficient (Wildman–Crippen LogP) is 2.65. The summed E-state index contributed by atoms with van der Waals surface area (Å²) in [5.41, 5.74) is 3.04. The molecule has 1 fully saturated rings. The summed E-state index contributed by atoms with van der Waals surface area (Å²) in [5.74, 6) is -1.17. The minimum absolute atomic E-state index is 0.0827. The number of rotatable bonds is 3. The molecule has 1 atom stereocenters. The van der Waals surface area contributed by atoms with E-state index >= 15 is 0 Å². The minimum Gasteiger partial charge on any atom is -0.479 e. The molecule has 1 unspecified atom stereocenters. The Labute approximate surface area is 138 Å². The number of morpholine rings is 1. The highest BCUT2D eigenvalue weighted by molar-refractivity contribution is 7.12. The Kier molecular flexibility index (Phi) is 4.45. The van der Waals surface area contributed by atoms with Crippen molar-refractivity contribution in [3.05, 3.63) is 46.2 Å². The molecule has 0 aliphatic carbocycles. The van der Waals surface area contributed by atoms with Crippen LogP contribution in [0, 0.1) is 6.92 Å². The molecular weight excluding hydrogens is 314 g/mol. The van der Waals surface area contributed by atoms with E-state index in [1.807, 2.05) is 42.6 Å². The van der Waals surface area contributed by atoms with Crippen LogP contribution in [0.3, 0.4) is 0 Å². The number of thiophene rings is 1. The fourth-order valence-electron chi connectivity index (χ4n) is 2.56. The van der Waals surface area contributed by atoms with Crippen LogP contribution in [0.4, 0.5) is 0 Å². The van der Waals surface area contributed by atoms with Crippen LogP contribution in [0.2, 0.25) is 0 Å². The molecule has 0 radical (unpaired) electrons. The third-order valence-corrected chi connectivity index (χ3v) is 4.75. The van der Waals surface area contributed by atoms with Gasteiger partial charge in [0, 0.05) is 12.1 Å². The molecule has 2 aromatic rings. The van der Waals surface area contributed by atoms with E-state index in [0.717, 1.165) is 16.7 Å². The van der Waals surface area contributed by atoms with E-state index in [-0.39, 0.29) is 19.1 Å². The lowest BCUT2D eigenvalue weighted by Gasteiger charge is -2.30. The van der Waals surface area contributed by atoms with Crippen LogP contribution in [0.25, 0.3) is 11.1 Å². The molecule has 1 aliphatic heterocycles. The highest BCUT2D eigenvalue weighted by atomic mass is 32.1. The van der Waals surface area contributed by atoms with Crippen molar-refractivity contribution in [2.24, 2.45) is 0 Å². The monoisotopic (exact) mass is 331 g/mol. The number of benzene rings is 1. The molecule has 1 N–H and O–H groups in total. The van der Waals surface area contributed by atoms with E-state index in [1.165, 1.54) is 11.3 Å². The van der Waals surface area contributed by atoms with Crippen molar-refractivity contribution < 1.29 is 19.4 Å². The van der Waals surface area contributed by atoms with Crippen LogP contribution in [0.5, 0.6) is 0 Å². The van der Waals surface area contributed by atoms with Gasteiger partial charge < -0.3 is 14.7 Å². The van der Waals surface area contributed by atoms with E-state index in [4.69, 9.17) is 9.84 Å². The Morgan fingerprint density at radius 3 is 2.70 bits per heavy atom. The minimum atomic E-state index is -1.03. The first-order chi connectivity index (χ1) is 11.1. The molecule has 2 heterocycles. The Balaban J connectivity index is 1.85. The maximum atomic E-state index is 12.8. The molecule has 0 spiro atoms. The van der Waals surface area contributed by atoms with Gasteiger partial charge >= 0.3 is 5.97 Å². The number of amides is 1. The number of aliphatic carboxylic acids is 1. The number of aryl methyl sites for hydroxylation is 1. The molecule has 120 valence electrons. The average Bonchev–Trinajstić information content (AvgIpc) is 3.04. The number of carbonyl (C=O) groups is 2. The zero-order chi connectivity index (χ0) is 16.4. The third-order valence-electron chi connectivity index (χ3n) is 3.85. The van der Waals surface area contributed by atoms with Gasteiger partial charge in [-0.15, -0.1) is 11.3 Å². The van der Waals surface area contributed by atoms with Crippen molar-refractivity contribution in [1.82, 2.24) is 4.90 Å². The topological polar surface area (TPSA) is 66.8 Å². The normalized spacial score (nSPS) is 18.0. The average molecular weight is 331 g/mol. The van der Waals surface area contributed by atoms with Crippen LogP contribution in [-0.2, 0) is 9.53 Å². The van der Waals surface area contributed by atoms with Gasteiger partial charge in [0.15, 0.2) is 6.10 Å². The number of hydrogen-bond acceptors (Lipinski definition) is 4. The second kappa shape index (κ2) is 6.52. The Bertz CT molecular complexity index is 722. The second-order valence-electron chi connectivity index (χ2n) is 5.48. The molecular formula is C17H17NO4S. The molecule has 23 heavy (non-hydrogen) atoms. The molecule has 1 aromatic carbocycles. The lowest BCUT2D eigenvalue weighted by molar-refractivity contribution is -0.154. The maximum absolute atomic E-state index is 12.8. The van der Waals surface area contributed by atoms with Crippen molar-refractivity contribution in [2.45, 2.75) is 13.0 Å².